The minimum Gasteiger partial charge on any atom is -0.462 e. The second-order valence-corrected chi connectivity index (χ2v) is 10.4. The van der Waals surface area contributed by atoms with E-state index >= 15 is 4.39 Å². The molecule has 3 N–H and O–H groups in total. The monoisotopic (exact) mass is 529 g/mol. The molecule has 1 aliphatic rings. The first kappa shape index (κ1) is 27.8. The molecule has 0 amide bonds. The molecule has 1 aromatic carbocycles. The standard InChI is InChI=1S/C22H29FN3O9P/c1-13(2)33-19(29)14(3)25-36(31,35-15-8-6-5-7-9-15)32-12-16-18(28)22(4,23)20(34-16)26-11-10-17(27)24-21(26)30/h5-11,13-14,16,18,20,28H,12H2,1-4H3,(H,25,31)(H,24,27,30)/t14-,16?,18?,20?,22?,36-/m0/s1. The van der Waals surface area contributed by atoms with E-state index in [2.05, 4.69) is 5.09 Å². The summed E-state index contributed by atoms with van der Waals surface area (Å²) >= 11 is 0. The third-order valence-corrected chi connectivity index (χ3v) is 6.90. The molecule has 0 radical (unpaired) electrons. The lowest BCUT2D eigenvalue weighted by molar-refractivity contribution is -0.149. The van der Waals surface area contributed by atoms with Gasteiger partial charge in [0.2, 0.25) is 0 Å². The van der Waals surface area contributed by atoms with Gasteiger partial charge in [-0.1, -0.05) is 18.2 Å². The van der Waals surface area contributed by atoms with Crippen LogP contribution < -0.4 is 20.9 Å². The lowest BCUT2D eigenvalue weighted by Gasteiger charge is -2.25. The van der Waals surface area contributed by atoms with Crippen LogP contribution in [0, 0.1) is 0 Å². The van der Waals surface area contributed by atoms with Crippen molar-refractivity contribution in [3.63, 3.8) is 0 Å². The number of H-pyrrole nitrogens is 1. The van der Waals surface area contributed by atoms with E-state index in [-0.39, 0.29) is 5.75 Å². The van der Waals surface area contributed by atoms with E-state index in [1.807, 2.05) is 4.98 Å². The van der Waals surface area contributed by atoms with E-state index in [1.54, 1.807) is 32.0 Å². The van der Waals surface area contributed by atoms with Crippen LogP contribution in [0.5, 0.6) is 5.75 Å². The molecule has 0 bridgehead atoms. The molecule has 3 rings (SSSR count). The van der Waals surface area contributed by atoms with Crippen molar-refractivity contribution in [1.82, 2.24) is 14.6 Å². The first-order valence-electron chi connectivity index (χ1n) is 11.1. The average molecular weight is 529 g/mol. The van der Waals surface area contributed by atoms with E-state index in [9.17, 15) is 24.1 Å². The first-order valence-corrected chi connectivity index (χ1v) is 12.7. The van der Waals surface area contributed by atoms with Crippen LogP contribution in [0.3, 0.4) is 0 Å². The van der Waals surface area contributed by atoms with Crippen molar-refractivity contribution in [3.8, 4) is 5.75 Å². The van der Waals surface area contributed by atoms with E-state index in [1.165, 1.54) is 19.1 Å². The molecule has 1 aliphatic heterocycles. The van der Waals surface area contributed by atoms with Crippen LogP contribution in [0.15, 0.2) is 52.2 Å². The Hall–Kier alpha value is -2.83. The second kappa shape index (κ2) is 11.1. The molecule has 12 nitrogen and oxygen atoms in total. The number of aliphatic hydroxyl groups is 1. The number of carbonyl (C=O) groups is 1. The third-order valence-electron chi connectivity index (χ3n) is 5.26. The lowest BCUT2D eigenvalue weighted by Crippen LogP contribution is -2.43. The molecule has 36 heavy (non-hydrogen) atoms. The molecule has 0 saturated carbocycles. The number of rotatable bonds is 10. The Bertz CT molecular complexity index is 1220. The summed E-state index contributed by atoms with van der Waals surface area (Å²) in [7, 11) is -4.30. The van der Waals surface area contributed by atoms with Crippen molar-refractivity contribution < 1.29 is 37.4 Å². The average Bonchev–Trinajstić information content (AvgIpc) is 3.01. The number of hydrogen-bond donors (Lipinski definition) is 3. The number of aliphatic hydroxyl groups excluding tert-OH is 1. The van der Waals surface area contributed by atoms with E-state index in [0.717, 1.165) is 23.8 Å². The number of alkyl halides is 1. The summed E-state index contributed by atoms with van der Waals surface area (Å²) in [6.45, 7) is 5.07. The van der Waals surface area contributed by atoms with Gasteiger partial charge in [-0.25, -0.2) is 13.8 Å². The number of nitrogens with one attached hydrogen (secondary N) is 2. The van der Waals surface area contributed by atoms with Gasteiger partial charge in [0.1, 0.15) is 24.0 Å². The number of aromatic nitrogens is 2. The van der Waals surface area contributed by atoms with Crippen LogP contribution in [0.1, 0.15) is 33.9 Å². The fourth-order valence-corrected chi connectivity index (χ4v) is 4.97. The van der Waals surface area contributed by atoms with Gasteiger partial charge in [0.05, 0.1) is 12.7 Å². The minimum atomic E-state index is -4.30. The van der Waals surface area contributed by atoms with E-state index < -0.39 is 67.8 Å². The number of benzene rings is 1. The maximum atomic E-state index is 15.4. The van der Waals surface area contributed by atoms with Gasteiger partial charge >= 0.3 is 19.4 Å². The predicted octanol–water partition coefficient (Wildman–Crippen LogP) is 1.66. The van der Waals surface area contributed by atoms with Gasteiger partial charge in [0.25, 0.3) is 5.56 Å². The highest BCUT2D eigenvalue weighted by Crippen LogP contribution is 2.47. The summed E-state index contributed by atoms with van der Waals surface area (Å²) in [5.74, 6) is -0.560. The highest BCUT2D eigenvalue weighted by atomic mass is 31.2. The van der Waals surface area contributed by atoms with Gasteiger partial charge < -0.3 is 19.1 Å². The van der Waals surface area contributed by atoms with Crippen molar-refractivity contribution in [2.45, 2.75) is 63.9 Å². The molecule has 4 unspecified atom stereocenters. The number of para-hydroxylation sites is 1. The molecule has 0 aliphatic carbocycles. The molecule has 2 aromatic rings. The number of hydrogen-bond acceptors (Lipinski definition) is 9. The van der Waals surface area contributed by atoms with Crippen molar-refractivity contribution in [2.24, 2.45) is 0 Å². The molecule has 14 heteroatoms. The minimum absolute atomic E-state index is 0.152. The number of aromatic amines is 1. The predicted molar refractivity (Wildman–Crippen MR) is 125 cm³/mol. The van der Waals surface area contributed by atoms with Crippen LogP contribution >= 0.6 is 7.75 Å². The van der Waals surface area contributed by atoms with E-state index in [0.29, 0.717) is 0 Å². The van der Waals surface area contributed by atoms with Gasteiger partial charge in [0.15, 0.2) is 11.9 Å². The quantitative estimate of drug-likeness (QED) is 0.305. The van der Waals surface area contributed by atoms with Crippen LogP contribution in [0.25, 0.3) is 0 Å². The molecule has 1 aromatic heterocycles. The maximum absolute atomic E-state index is 15.4. The number of esters is 1. The smallest absolute Gasteiger partial charge is 0.459 e. The Balaban J connectivity index is 1.80. The molecular formula is C22H29FN3O9P. The van der Waals surface area contributed by atoms with Crippen LogP contribution in [-0.2, 0) is 23.4 Å². The molecular weight excluding hydrogens is 500 g/mol. The molecule has 1 saturated heterocycles. The normalized spacial score (nSPS) is 26.4. The first-order chi connectivity index (χ1) is 16.8. The Morgan fingerprint density at radius 3 is 2.56 bits per heavy atom. The zero-order chi connectivity index (χ0) is 26.7. The number of nitrogens with zero attached hydrogens (tertiary/aromatic N) is 1. The summed E-state index contributed by atoms with van der Waals surface area (Å²) in [5.41, 5.74) is -4.12. The largest absolute Gasteiger partial charge is 0.462 e. The van der Waals surface area contributed by atoms with E-state index in [4.69, 9.17) is 18.5 Å². The summed E-state index contributed by atoms with van der Waals surface area (Å²) in [6, 6.07) is 7.86. The fourth-order valence-electron chi connectivity index (χ4n) is 3.47. The fraction of sp³-hybridized carbons (Fsp3) is 0.500. The van der Waals surface area contributed by atoms with Crippen molar-refractivity contribution >= 4 is 13.7 Å². The summed E-state index contributed by atoms with van der Waals surface area (Å²) in [6.07, 6.45) is -4.21. The Morgan fingerprint density at radius 2 is 1.94 bits per heavy atom. The van der Waals surface area contributed by atoms with Gasteiger partial charge in [0, 0.05) is 12.3 Å². The molecule has 198 valence electrons. The maximum Gasteiger partial charge on any atom is 0.459 e. The highest BCUT2D eigenvalue weighted by molar-refractivity contribution is 7.52. The Kier molecular flexibility index (Phi) is 8.52. The molecule has 1 fully saturated rings. The van der Waals surface area contributed by atoms with Crippen LogP contribution in [0.2, 0.25) is 0 Å². The lowest BCUT2D eigenvalue weighted by atomic mass is 9.98. The summed E-state index contributed by atoms with van der Waals surface area (Å²) < 4.78 is 51.4. The highest BCUT2D eigenvalue weighted by Gasteiger charge is 2.55. The SMILES string of the molecule is CC(C)OC(=O)[C@H](C)N[P@](=O)(OCC1OC(n2ccc(=O)[nH]c2=O)C(C)(F)C1O)Oc1ccccc1. The van der Waals surface area contributed by atoms with Gasteiger partial charge in [-0.3, -0.25) is 23.7 Å². The van der Waals surface area contributed by atoms with Gasteiger partial charge in [-0.2, -0.15) is 5.09 Å². The third kappa shape index (κ3) is 6.48. The van der Waals surface area contributed by atoms with Gasteiger partial charge in [-0.05, 0) is 39.8 Å². The summed E-state index contributed by atoms with van der Waals surface area (Å²) in [4.78, 5) is 37.7. The zero-order valence-electron chi connectivity index (χ0n) is 20.1. The zero-order valence-corrected chi connectivity index (χ0v) is 21.0. The van der Waals surface area contributed by atoms with Crippen molar-refractivity contribution in [2.75, 3.05) is 6.61 Å². The molecule has 0 spiro atoms. The van der Waals surface area contributed by atoms with Crippen LogP contribution in [0.4, 0.5) is 4.39 Å². The Labute approximate surface area is 205 Å². The van der Waals surface area contributed by atoms with Crippen LogP contribution in [-0.4, -0.2) is 57.3 Å². The number of ether oxygens (including phenoxy) is 2. The van der Waals surface area contributed by atoms with Gasteiger partial charge in [-0.15, -0.1) is 0 Å². The Morgan fingerprint density at radius 1 is 1.28 bits per heavy atom. The van der Waals surface area contributed by atoms with Crippen molar-refractivity contribution in [1.29, 1.82) is 0 Å². The molecule has 6 atom stereocenters. The van der Waals surface area contributed by atoms with Crippen molar-refractivity contribution in [3.05, 3.63) is 63.4 Å². The summed E-state index contributed by atoms with van der Waals surface area (Å²) in [5, 5.41) is 13.0. The number of carbonyl (C=O) groups excluding carboxylic acids is 1. The molecule has 2 heterocycles. The topological polar surface area (TPSA) is 158 Å². The number of halogens is 1. The second-order valence-electron chi connectivity index (χ2n) is 8.67.